The number of rotatable bonds is 7. The number of carbonyl (C=O) groups excluding carboxylic acids is 1. The molecular formula is C27H26ClFN8O. The predicted molar refractivity (Wildman–Crippen MR) is 144 cm³/mol. The molecule has 3 aromatic heterocycles. The number of piperidine rings is 1. The minimum atomic E-state index is -0.595. The van der Waals surface area contributed by atoms with Crippen LogP contribution < -0.4 is 16.0 Å². The van der Waals surface area contributed by atoms with Crippen molar-refractivity contribution in [3.05, 3.63) is 82.8 Å². The van der Waals surface area contributed by atoms with Gasteiger partial charge in [-0.05, 0) is 74.8 Å². The number of halogens is 2. The van der Waals surface area contributed by atoms with Crippen molar-refractivity contribution in [2.45, 2.75) is 26.2 Å². The number of amides is 1. The van der Waals surface area contributed by atoms with Gasteiger partial charge in [0.25, 0.3) is 0 Å². The van der Waals surface area contributed by atoms with Crippen molar-refractivity contribution in [1.82, 2.24) is 30.2 Å². The largest absolute Gasteiger partial charge is 0.325 e. The first-order chi connectivity index (χ1) is 18.4. The number of hydrogen-bond donors (Lipinski definition) is 3. The number of aromatic nitrogens is 5. The number of nitrogens with one attached hydrogen (secondary N) is 3. The van der Waals surface area contributed by atoms with E-state index in [9.17, 15) is 9.18 Å². The number of pyridine rings is 1. The van der Waals surface area contributed by atoms with Gasteiger partial charge in [-0.2, -0.15) is 0 Å². The maximum Gasteiger partial charge on any atom is 0.227 e. The summed E-state index contributed by atoms with van der Waals surface area (Å²) in [6.07, 6.45) is 4.93. The lowest BCUT2D eigenvalue weighted by Gasteiger charge is -2.22. The zero-order valence-electron chi connectivity index (χ0n) is 20.7. The van der Waals surface area contributed by atoms with Crippen LogP contribution in [0.2, 0.25) is 5.02 Å². The highest BCUT2D eigenvalue weighted by Crippen LogP contribution is 2.29. The number of carbonyl (C=O) groups is 1. The predicted octanol–water partition coefficient (Wildman–Crippen LogP) is 4.70. The van der Waals surface area contributed by atoms with Crippen LogP contribution in [-0.2, 0) is 11.2 Å². The molecule has 1 aliphatic rings. The summed E-state index contributed by atoms with van der Waals surface area (Å²) < 4.78 is 14.9. The summed E-state index contributed by atoms with van der Waals surface area (Å²) in [4.78, 5) is 34.7. The second-order valence-corrected chi connectivity index (χ2v) is 9.44. The Bertz CT molecular complexity index is 1440. The first-order valence-corrected chi connectivity index (χ1v) is 12.7. The molecule has 194 valence electrons. The molecule has 4 aromatic rings. The molecule has 9 nitrogen and oxygen atoms in total. The SMILES string of the molecule is Cc1cccc(-c2nccc(Nc3ccnc(Cc4cc(F)c(NC(=O)C5CCNCC5)c(Cl)c4)n3)n2)n1. The first-order valence-electron chi connectivity index (χ1n) is 12.3. The summed E-state index contributed by atoms with van der Waals surface area (Å²) in [6.45, 7) is 3.44. The summed E-state index contributed by atoms with van der Waals surface area (Å²) in [7, 11) is 0. The van der Waals surface area contributed by atoms with E-state index in [0.29, 0.717) is 47.4 Å². The molecule has 11 heteroatoms. The van der Waals surface area contributed by atoms with Gasteiger partial charge in [-0.25, -0.2) is 29.3 Å². The van der Waals surface area contributed by atoms with Crippen LogP contribution in [0.15, 0.2) is 54.9 Å². The van der Waals surface area contributed by atoms with Crippen molar-refractivity contribution < 1.29 is 9.18 Å². The molecule has 1 saturated heterocycles. The quantitative estimate of drug-likeness (QED) is 0.313. The third-order valence-corrected chi connectivity index (χ3v) is 6.45. The summed E-state index contributed by atoms with van der Waals surface area (Å²) in [6, 6.07) is 12.1. The molecule has 0 atom stereocenters. The fourth-order valence-corrected chi connectivity index (χ4v) is 4.52. The number of benzene rings is 1. The molecule has 1 amide bonds. The number of hydrogen-bond acceptors (Lipinski definition) is 8. The van der Waals surface area contributed by atoms with E-state index in [1.54, 1.807) is 30.6 Å². The molecule has 0 bridgehead atoms. The maximum atomic E-state index is 14.9. The third-order valence-electron chi connectivity index (χ3n) is 6.16. The topological polar surface area (TPSA) is 118 Å². The molecule has 3 N–H and O–H groups in total. The highest BCUT2D eigenvalue weighted by molar-refractivity contribution is 6.33. The molecule has 1 fully saturated rings. The molecule has 1 aromatic carbocycles. The minimum absolute atomic E-state index is 0.00190. The van der Waals surface area contributed by atoms with Crippen LogP contribution in [0, 0.1) is 18.7 Å². The Balaban J connectivity index is 1.28. The Labute approximate surface area is 224 Å². The van der Waals surface area contributed by atoms with Gasteiger partial charge in [-0.1, -0.05) is 17.7 Å². The van der Waals surface area contributed by atoms with Gasteiger partial charge in [-0.3, -0.25) is 4.79 Å². The van der Waals surface area contributed by atoms with Gasteiger partial charge in [-0.15, -0.1) is 0 Å². The van der Waals surface area contributed by atoms with Gasteiger partial charge in [0.1, 0.15) is 29.0 Å². The van der Waals surface area contributed by atoms with E-state index in [0.717, 1.165) is 18.8 Å². The molecule has 0 radical (unpaired) electrons. The van der Waals surface area contributed by atoms with E-state index < -0.39 is 5.82 Å². The second kappa shape index (κ2) is 11.6. The second-order valence-electron chi connectivity index (χ2n) is 9.04. The molecule has 5 rings (SSSR count). The standard InChI is InChI=1S/C27H26ClFN8O/c1-16-3-2-4-21(33-16)26-32-12-8-23(36-26)34-22-7-11-31-24(35-22)15-17-13-19(28)25(20(29)14-17)37-27(38)18-5-9-30-10-6-18/h2-4,7-8,11-14,18,30H,5-6,9-10,15H2,1H3,(H,37,38)(H,31,32,34,35,36). The van der Waals surface area contributed by atoms with Gasteiger partial charge >= 0.3 is 0 Å². The van der Waals surface area contributed by atoms with Crippen molar-refractivity contribution in [2.24, 2.45) is 5.92 Å². The van der Waals surface area contributed by atoms with Crippen LogP contribution >= 0.6 is 11.6 Å². The normalized spacial score (nSPS) is 13.8. The molecule has 38 heavy (non-hydrogen) atoms. The van der Waals surface area contributed by atoms with Crippen molar-refractivity contribution in [1.29, 1.82) is 0 Å². The minimum Gasteiger partial charge on any atom is -0.325 e. The van der Waals surface area contributed by atoms with Crippen molar-refractivity contribution in [3.8, 4) is 11.5 Å². The van der Waals surface area contributed by atoms with Gasteiger partial charge in [0.2, 0.25) is 5.91 Å². The Hall–Kier alpha value is -4.02. The summed E-state index contributed by atoms with van der Waals surface area (Å²) in [5.41, 5.74) is 2.13. The maximum absolute atomic E-state index is 14.9. The van der Waals surface area contributed by atoms with E-state index in [2.05, 4.69) is 40.9 Å². The molecule has 0 saturated carbocycles. The number of anilines is 3. The van der Waals surface area contributed by atoms with E-state index >= 15 is 0 Å². The first kappa shape index (κ1) is 25.6. The fourth-order valence-electron chi connectivity index (χ4n) is 4.24. The van der Waals surface area contributed by atoms with Gasteiger partial charge in [0.15, 0.2) is 5.82 Å². The number of nitrogens with zero attached hydrogens (tertiary/aromatic N) is 5. The van der Waals surface area contributed by atoms with Crippen LogP contribution in [0.4, 0.5) is 21.7 Å². The van der Waals surface area contributed by atoms with Gasteiger partial charge < -0.3 is 16.0 Å². The van der Waals surface area contributed by atoms with Crippen LogP contribution in [0.1, 0.15) is 29.9 Å². The molecule has 0 unspecified atom stereocenters. The van der Waals surface area contributed by atoms with Crippen molar-refractivity contribution in [2.75, 3.05) is 23.7 Å². The monoisotopic (exact) mass is 532 g/mol. The fraction of sp³-hybridized carbons (Fsp3) is 0.259. The molecule has 1 aliphatic heterocycles. The van der Waals surface area contributed by atoms with Crippen LogP contribution in [0.5, 0.6) is 0 Å². The molecule has 0 aliphatic carbocycles. The lowest BCUT2D eigenvalue weighted by molar-refractivity contribution is -0.120. The lowest BCUT2D eigenvalue weighted by atomic mass is 9.97. The summed E-state index contributed by atoms with van der Waals surface area (Å²) >= 11 is 6.36. The van der Waals surface area contributed by atoms with Crippen LogP contribution in [0.25, 0.3) is 11.5 Å². The smallest absolute Gasteiger partial charge is 0.227 e. The van der Waals surface area contributed by atoms with E-state index in [1.807, 2.05) is 25.1 Å². The molecular weight excluding hydrogens is 507 g/mol. The Morgan fingerprint density at radius 3 is 2.58 bits per heavy atom. The average molecular weight is 533 g/mol. The van der Waals surface area contributed by atoms with Crippen molar-refractivity contribution >= 4 is 34.8 Å². The van der Waals surface area contributed by atoms with E-state index in [1.165, 1.54) is 6.07 Å². The average Bonchev–Trinajstić information content (AvgIpc) is 2.91. The Kier molecular flexibility index (Phi) is 7.81. The Morgan fingerprint density at radius 1 is 1.05 bits per heavy atom. The highest BCUT2D eigenvalue weighted by atomic mass is 35.5. The van der Waals surface area contributed by atoms with Crippen LogP contribution in [0.3, 0.4) is 0 Å². The molecule has 0 spiro atoms. The van der Waals surface area contributed by atoms with E-state index in [4.69, 9.17) is 11.6 Å². The zero-order valence-corrected chi connectivity index (χ0v) is 21.5. The summed E-state index contributed by atoms with van der Waals surface area (Å²) in [5.74, 6) is 1.06. The third kappa shape index (κ3) is 6.27. The van der Waals surface area contributed by atoms with Gasteiger partial charge in [0, 0.05) is 30.4 Å². The van der Waals surface area contributed by atoms with Gasteiger partial charge in [0.05, 0.1) is 10.7 Å². The van der Waals surface area contributed by atoms with E-state index in [-0.39, 0.29) is 29.0 Å². The molecule has 4 heterocycles. The lowest BCUT2D eigenvalue weighted by Crippen LogP contribution is -2.34. The zero-order chi connectivity index (χ0) is 26.5. The highest BCUT2D eigenvalue weighted by Gasteiger charge is 2.23. The Morgan fingerprint density at radius 2 is 1.82 bits per heavy atom. The summed E-state index contributed by atoms with van der Waals surface area (Å²) in [5, 5.41) is 9.17. The van der Waals surface area contributed by atoms with Crippen LogP contribution in [-0.4, -0.2) is 43.9 Å². The number of aryl methyl sites for hydroxylation is 1. The van der Waals surface area contributed by atoms with Crippen molar-refractivity contribution in [3.63, 3.8) is 0 Å².